The summed E-state index contributed by atoms with van der Waals surface area (Å²) in [4.78, 5) is 9.99. The van der Waals surface area contributed by atoms with Crippen molar-refractivity contribution in [1.29, 1.82) is 0 Å². The first-order chi connectivity index (χ1) is 10.9. The summed E-state index contributed by atoms with van der Waals surface area (Å²) < 4.78 is 32.5. The Balaban J connectivity index is 2.36. The van der Waals surface area contributed by atoms with Crippen LogP contribution >= 0.6 is 0 Å². The molecule has 0 bridgehead atoms. The van der Waals surface area contributed by atoms with Crippen LogP contribution in [0.25, 0.3) is 0 Å². The van der Waals surface area contributed by atoms with Crippen LogP contribution in [0.4, 0.5) is 11.5 Å². The van der Waals surface area contributed by atoms with Gasteiger partial charge in [0.05, 0.1) is 18.2 Å². The molecule has 2 aromatic rings. The maximum absolute atomic E-state index is 12.5. The number of nitrogens with zero attached hydrogens (tertiary/aromatic N) is 3. The highest BCUT2D eigenvalue weighted by molar-refractivity contribution is 7.92. The van der Waals surface area contributed by atoms with E-state index in [1.165, 1.54) is 13.3 Å². The Morgan fingerprint density at radius 2 is 1.87 bits per heavy atom. The predicted octanol–water partition coefficient (Wildman–Crippen LogP) is 1.91. The second kappa shape index (κ2) is 6.82. The van der Waals surface area contributed by atoms with Crippen LogP contribution in [0, 0.1) is 0 Å². The Bertz CT molecular complexity index is 774. The van der Waals surface area contributed by atoms with E-state index >= 15 is 0 Å². The Morgan fingerprint density at radius 1 is 1.22 bits per heavy atom. The molecule has 0 aliphatic heterocycles. The van der Waals surface area contributed by atoms with Crippen molar-refractivity contribution >= 4 is 21.5 Å². The molecular weight excluding hydrogens is 316 g/mol. The maximum Gasteiger partial charge on any atom is 0.318 e. The molecule has 0 amide bonds. The van der Waals surface area contributed by atoms with Gasteiger partial charge in [0.2, 0.25) is 0 Å². The summed E-state index contributed by atoms with van der Waals surface area (Å²) in [5.74, 6) is 0.422. The lowest BCUT2D eigenvalue weighted by Crippen LogP contribution is -2.19. The molecule has 0 atom stereocenters. The quantitative estimate of drug-likeness (QED) is 0.867. The summed E-state index contributed by atoms with van der Waals surface area (Å²) >= 11 is 0. The molecule has 1 N–H and O–H groups in total. The lowest BCUT2D eigenvalue weighted by Gasteiger charge is -2.17. The van der Waals surface area contributed by atoms with Crippen LogP contribution in [-0.4, -0.2) is 39.6 Å². The molecule has 7 nitrogen and oxygen atoms in total. The molecule has 0 saturated carbocycles. The number of anilines is 2. The van der Waals surface area contributed by atoms with Gasteiger partial charge in [-0.1, -0.05) is 19.1 Å². The van der Waals surface area contributed by atoms with Gasteiger partial charge in [-0.05, 0) is 24.1 Å². The van der Waals surface area contributed by atoms with Crippen LogP contribution in [0.1, 0.15) is 12.5 Å². The van der Waals surface area contributed by atoms with Gasteiger partial charge in [0.15, 0.2) is 5.82 Å². The van der Waals surface area contributed by atoms with Crippen molar-refractivity contribution in [3.05, 3.63) is 36.0 Å². The van der Waals surface area contributed by atoms with Gasteiger partial charge in [0.1, 0.15) is 5.69 Å². The summed E-state index contributed by atoms with van der Waals surface area (Å²) in [7, 11) is 1.26. The van der Waals surface area contributed by atoms with E-state index in [1.807, 2.05) is 6.92 Å². The number of hydrogen-bond donors (Lipinski definition) is 1. The van der Waals surface area contributed by atoms with E-state index in [1.54, 1.807) is 43.3 Å². The number of benzene rings is 1. The number of sulfonamides is 1. The molecule has 124 valence electrons. The van der Waals surface area contributed by atoms with Gasteiger partial charge >= 0.3 is 6.01 Å². The van der Waals surface area contributed by atoms with Gasteiger partial charge in [-0.15, -0.1) is 0 Å². The largest absolute Gasteiger partial charge is 0.467 e. The monoisotopic (exact) mass is 336 g/mol. The number of rotatable bonds is 6. The zero-order valence-corrected chi connectivity index (χ0v) is 14.4. The number of hydrogen-bond acceptors (Lipinski definition) is 6. The fourth-order valence-corrected chi connectivity index (χ4v) is 3.02. The molecule has 0 saturated heterocycles. The number of methoxy groups -OCH3 is 1. The van der Waals surface area contributed by atoms with Crippen molar-refractivity contribution in [2.45, 2.75) is 18.2 Å². The van der Waals surface area contributed by atoms with E-state index < -0.39 is 10.0 Å². The third-order valence-corrected chi connectivity index (χ3v) is 4.62. The van der Waals surface area contributed by atoms with Gasteiger partial charge < -0.3 is 9.64 Å². The minimum Gasteiger partial charge on any atom is -0.467 e. The minimum atomic E-state index is -3.71. The average Bonchev–Trinajstić information content (AvgIpc) is 2.54. The zero-order chi connectivity index (χ0) is 17.0. The number of aromatic nitrogens is 2. The molecular formula is C15H20N4O3S. The van der Waals surface area contributed by atoms with Crippen molar-refractivity contribution < 1.29 is 13.2 Å². The van der Waals surface area contributed by atoms with E-state index in [4.69, 9.17) is 4.74 Å². The van der Waals surface area contributed by atoms with Crippen LogP contribution in [-0.2, 0) is 16.4 Å². The lowest BCUT2D eigenvalue weighted by atomic mass is 10.2. The van der Waals surface area contributed by atoms with Gasteiger partial charge in [0, 0.05) is 14.1 Å². The van der Waals surface area contributed by atoms with Crippen molar-refractivity contribution in [3.8, 4) is 6.01 Å². The summed E-state index contributed by atoms with van der Waals surface area (Å²) in [6.07, 6.45) is 2.24. The summed E-state index contributed by atoms with van der Waals surface area (Å²) in [6, 6.07) is 6.93. The van der Waals surface area contributed by atoms with Gasteiger partial charge in [-0.2, -0.15) is 4.98 Å². The molecule has 2 rings (SSSR count). The molecule has 0 spiro atoms. The zero-order valence-electron chi connectivity index (χ0n) is 13.6. The van der Waals surface area contributed by atoms with E-state index in [2.05, 4.69) is 14.7 Å². The summed E-state index contributed by atoms with van der Waals surface area (Å²) in [5.41, 5.74) is 1.36. The van der Waals surface area contributed by atoms with Gasteiger partial charge in [0.25, 0.3) is 10.0 Å². The van der Waals surface area contributed by atoms with Gasteiger partial charge in [-0.25, -0.2) is 13.4 Å². The highest BCUT2D eigenvalue weighted by Gasteiger charge is 2.18. The lowest BCUT2D eigenvalue weighted by molar-refractivity contribution is 0.380. The fourth-order valence-electron chi connectivity index (χ4n) is 1.98. The summed E-state index contributed by atoms with van der Waals surface area (Å²) in [5, 5.41) is 0. The molecule has 0 fully saturated rings. The number of nitrogens with one attached hydrogen (secondary N) is 1. The van der Waals surface area contributed by atoms with Gasteiger partial charge in [-0.3, -0.25) is 4.72 Å². The first-order valence-corrected chi connectivity index (χ1v) is 8.55. The van der Waals surface area contributed by atoms with Crippen LogP contribution in [0.2, 0.25) is 0 Å². The molecule has 23 heavy (non-hydrogen) atoms. The molecule has 0 unspecified atom stereocenters. The molecule has 0 radical (unpaired) electrons. The predicted molar refractivity (Wildman–Crippen MR) is 89.5 cm³/mol. The highest BCUT2D eigenvalue weighted by Crippen LogP contribution is 2.25. The minimum absolute atomic E-state index is 0.170. The third-order valence-electron chi connectivity index (χ3n) is 3.24. The van der Waals surface area contributed by atoms with Crippen molar-refractivity contribution in [3.63, 3.8) is 0 Å². The Labute approximate surface area is 136 Å². The van der Waals surface area contributed by atoms with Crippen LogP contribution in [0.5, 0.6) is 6.01 Å². The summed E-state index contributed by atoms with van der Waals surface area (Å²) in [6.45, 7) is 2.01. The third kappa shape index (κ3) is 3.89. The molecule has 1 aromatic heterocycles. The molecule has 0 aliphatic rings. The van der Waals surface area contributed by atoms with Crippen LogP contribution in [0.15, 0.2) is 35.4 Å². The Hall–Kier alpha value is -2.35. The van der Waals surface area contributed by atoms with Crippen molar-refractivity contribution in [2.24, 2.45) is 0 Å². The normalized spacial score (nSPS) is 11.1. The first-order valence-electron chi connectivity index (χ1n) is 7.07. The van der Waals surface area contributed by atoms with Crippen LogP contribution < -0.4 is 14.4 Å². The standard InChI is InChI=1S/C15H20N4O3S/c1-5-11-6-8-12(9-7-11)23(20,21)18-13-10-16-15(22-4)17-14(13)19(2)3/h6-10,18H,5H2,1-4H3. The Kier molecular flexibility index (Phi) is 5.05. The van der Waals surface area contributed by atoms with Crippen molar-refractivity contribution in [2.75, 3.05) is 30.8 Å². The van der Waals surface area contributed by atoms with E-state index in [-0.39, 0.29) is 16.6 Å². The second-order valence-electron chi connectivity index (χ2n) is 5.09. The smallest absolute Gasteiger partial charge is 0.318 e. The number of ether oxygens (including phenoxy) is 1. The average molecular weight is 336 g/mol. The number of aryl methyl sites for hydroxylation is 1. The molecule has 0 aliphatic carbocycles. The molecule has 1 aromatic carbocycles. The second-order valence-corrected chi connectivity index (χ2v) is 6.77. The van der Waals surface area contributed by atoms with Crippen molar-refractivity contribution in [1.82, 2.24) is 9.97 Å². The Morgan fingerprint density at radius 3 is 2.39 bits per heavy atom. The fraction of sp³-hybridized carbons (Fsp3) is 0.333. The van der Waals surface area contributed by atoms with E-state index in [9.17, 15) is 8.42 Å². The van der Waals surface area contributed by atoms with E-state index in [0.717, 1.165) is 12.0 Å². The topological polar surface area (TPSA) is 84.4 Å². The van der Waals surface area contributed by atoms with E-state index in [0.29, 0.717) is 5.82 Å². The first kappa shape index (κ1) is 17.0. The van der Waals surface area contributed by atoms with Crippen LogP contribution in [0.3, 0.4) is 0 Å². The molecule has 1 heterocycles. The molecule has 8 heteroatoms. The SMILES string of the molecule is CCc1ccc(S(=O)(=O)Nc2cnc(OC)nc2N(C)C)cc1. The maximum atomic E-state index is 12.5. The highest BCUT2D eigenvalue weighted by atomic mass is 32.2.